The summed E-state index contributed by atoms with van der Waals surface area (Å²) < 4.78 is 16.3. The van der Waals surface area contributed by atoms with E-state index in [1.807, 2.05) is 54.8 Å². The molecule has 0 spiro atoms. The van der Waals surface area contributed by atoms with E-state index in [1.54, 1.807) is 21.1 Å². The number of methoxy groups -OCH3 is 2. The van der Waals surface area contributed by atoms with E-state index in [0.717, 1.165) is 16.8 Å². The molecule has 1 atom stereocenters. The zero-order valence-corrected chi connectivity index (χ0v) is 17.0. The number of rotatable bonds is 7. The maximum absolute atomic E-state index is 12.4. The highest BCUT2D eigenvalue weighted by molar-refractivity contribution is 7.14. The molecule has 0 fully saturated rings. The highest BCUT2D eigenvalue weighted by atomic mass is 32.1. The fourth-order valence-electron chi connectivity index (χ4n) is 2.54. The third kappa shape index (κ3) is 4.61. The number of aryl methyl sites for hydroxylation is 1. The third-order valence-electron chi connectivity index (χ3n) is 4.12. The number of nitrogens with one attached hydrogen (secondary N) is 1. The topological polar surface area (TPSA) is 69.7 Å². The van der Waals surface area contributed by atoms with Crippen molar-refractivity contribution in [2.75, 3.05) is 19.5 Å². The lowest BCUT2D eigenvalue weighted by molar-refractivity contribution is -0.122. The lowest BCUT2D eigenvalue weighted by Crippen LogP contribution is -2.30. The fraction of sp³-hybridized carbons (Fsp3) is 0.238. The molecule has 146 valence electrons. The zero-order chi connectivity index (χ0) is 20.1. The van der Waals surface area contributed by atoms with Crippen molar-refractivity contribution in [3.8, 4) is 28.5 Å². The van der Waals surface area contributed by atoms with Gasteiger partial charge >= 0.3 is 0 Å². The molecule has 0 saturated heterocycles. The average Bonchev–Trinajstić information content (AvgIpc) is 3.17. The first-order valence-corrected chi connectivity index (χ1v) is 9.60. The van der Waals surface area contributed by atoms with Crippen molar-refractivity contribution >= 4 is 22.4 Å². The van der Waals surface area contributed by atoms with Crippen LogP contribution in [0.5, 0.6) is 17.2 Å². The molecular weight excluding hydrogens is 376 g/mol. The minimum Gasteiger partial charge on any atom is -0.493 e. The van der Waals surface area contributed by atoms with E-state index >= 15 is 0 Å². The van der Waals surface area contributed by atoms with Crippen LogP contribution in [-0.2, 0) is 4.79 Å². The smallest absolute Gasteiger partial charge is 0.266 e. The Balaban J connectivity index is 1.66. The lowest BCUT2D eigenvalue weighted by Gasteiger charge is -2.13. The fourth-order valence-corrected chi connectivity index (χ4v) is 3.26. The predicted molar refractivity (Wildman–Crippen MR) is 111 cm³/mol. The van der Waals surface area contributed by atoms with Gasteiger partial charge in [0.05, 0.1) is 19.9 Å². The van der Waals surface area contributed by atoms with Gasteiger partial charge in [-0.15, -0.1) is 11.3 Å². The van der Waals surface area contributed by atoms with E-state index in [9.17, 15) is 4.79 Å². The molecule has 3 aromatic rings. The van der Waals surface area contributed by atoms with Gasteiger partial charge in [0.1, 0.15) is 5.75 Å². The van der Waals surface area contributed by atoms with E-state index in [1.165, 1.54) is 11.3 Å². The van der Waals surface area contributed by atoms with Gasteiger partial charge in [0.15, 0.2) is 22.7 Å². The van der Waals surface area contributed by atoms with Crippen molar-refractivity contribution in [3.05, 3.63) is 53.4 Å². The number of benzene rings is 2. The molecule has 1 amide bonds. The number of amides is 1. The SMILES string of the molecule is COc1ccc(-c2csc(NC(=O)C(C)Oc3ccc(C)cc3)n2)cc1OC. The number of ether oxygens (including phenoxy) is 3. The van der Waals surface area contributed by atoms with Gasteiger partial charge in [0, 0.05) is 10.9 Å². The van der Waals surface area contributed by atoms with Crippen molar-refractivity contribution in [1.82, 2.24) is 4.98 Å². The van der Waals surface area contributed by atoms with E-state index in [-0.39, 0.29) is 5.91 Å². The number of anilines is 1. The number of thiazole rings is 1. The number of aromatic nitrogens is 1. The summed E-state index contributed by atoms with van der Waals surface area (Å²) in [6.07, 6.45) is -0.642. The average molecular weight is 398 g/mol. The van der Waals surface area contributed by atoms with Crippen LogP contribution in [0.2, 0.25) is 0 Å². The van der Waals surface area contributed by atoms with Crippen LogP contribution in [0.15, 0.2) is 47.8 Å². The summed E-state index contributed by atoms with van der Waals surface area (Å²) >= 11 is 1.35. The van der Waals surface area contributed by atoms with E-state index < -0.39 is 6.10 Å². The summed E-state index contributed by atoms with van der Waals surface area (Å²) in [4.78, 5) is 16.9. The maximum Gasteiger partial charge on any atom is 0.266 e. The Bertz CT molecular complexity index is 953. The minimum absolute atomic E-state index is 0.256. The second kappa shape index (κ2) is 8.75. The van der Waals surface area contributed by atoms with Gasteiger partial charge in [0.2, 0.25) is 0 Å². The summed E-state index contributed by atoms with van der Waals surface area (Å²) in [6.45, 7) is 3.70. The Morgan fingerprint density at radius 3 is 2.46 bits per heavy atom. The van der Waals surface area contributed by atoms with Crippen molar-refractivity contribution in [2.24, 2.45) is 0 Å². The quantitative estimate of drug-likeness (QED) is 0.633. The summed E-state index contributed by atoms with van der Waals surface area (Å²) in [5.74, 6) is 1.67. The first kappa shape index (κ1) is 19.7. The van der Waals surface area contributed by atoms with Gasteiger partial charge < -0.3 is 14.2 Å². The van der Waals surface area contributed by atoms with Gasteiger partial charge in [0.25, 0.3) is 5.91 Å². The minimum atomic E-state index is -0.642. The van der Waals surface area contributed by atoms with Crippen molar-refractivity contribution in [1.29, 1.82) is 0 Å². The van der Waals surface area contributed by atoms with Crippen molar-refractivity contribution < 1.29 is 19.0 Å². The van der Waals surface area contributed by atoms with Crippen molar-refractivity contribution in [2.45, 2.75) is 20.0 Å². The Kier molecular flexibility index (Phi) is 6.16. The molecule has 1 heterocycles. The molecule has 0 aliphatic heterocycles. The Morgan fingerprint density at radius 2 is 1.79 bits per heavy atom. The number of carbonyl (C=O) groups is 1. The van der Waals surface area contributed by atoms with Crippen LogP contribution in [-0.4, -0.2) is 31.2 Å². The molecule has 7 heteroatoms. The van der Waals surface area contributed by atoms with E-state index in [4.69, 9.17) is 14.2 Å². The highest BCUT2D eigenvalue weighted by Crippen LogP contribution is 2.33. The molecule has 3 rings (SSSR count). The first-order chi connectivity index (χ1) is 13.5. The zero-order valence-electron chi connectivity index (χ0n) is 16.2. The first-order valence-electron chi connectivity index (χ1n) is 8.72. The molecule has 0 aliphatic rings. The predicted octanol–water partition coefficient (Wildman–Crippen LogP) is 4.54. The molecule has 28 heavy (non-hydrogen) atoms. The van der Waals surface area contributed by atoms with E-state index in [2.05, 4.69) is 10.3 Å². The highest BCUT2D eigenvalue weighted by Gasteiger charge is 2.17. The molecular formula is C21H22N2O4S. The third-order valence-corrected chi connectivity index (χ3v) is 4.87. The molecule has 0 saturated carbocycles. The number of hydrogen-bond donors (Lipinski definition) is 1. The molecule has 0 bridgehead atoms. The number of carbonyl (C=O) groups excluding carboxylic acids is 1. The van der Waals surface area contributed by atoms with Crippen LogP contribution in [0.1, 0.15) is 12.5 Å². The second-order valence-corrected chi connectivity index (χ2v) is 7.03. The molecule has 0 radical (unpaired) electrons. The molecule has 1 aromatic heterocycles. The summed E-state index contributed by atoms with van der Waals surface area (Å²) in [5.41, 5.74) is 2.75. The van der Waals surface area contributed by atoms with Crippen LogP contribution < -0.4 is 19.5 Å². The van der Waals surface area contributed by atoms with Crippen LogP contribution >= 0.6 is 11.3 Å². The van der Waals surface area contributed by atoms with Gasteiger partial charge in [-0.2, -0.15) is 0 Å². The molecule has 0 aliphatic carbocycles. The molecule has 1 unspecified atom stereocenters. The van der Waals surface area contributed by atoms with Gasteiger partial charge in [-0.05, 0) is 44.2 Å². The lowest BCUT2D eigenvalue weighted by atomic mass is 10.1. The Morgan fingerprint density at radius 1 is 1.07 bits per heavy atom. The van der Waals surface area contributed by atoms with Crippen LogP contribution in [0.3, 0.4) is 0 Å². The normalized spacial score (nSPS) is 11.6. The summed E-state index contributed by atoms with van der Waals surface area (Å²) in [6, 6.07) is 13.1. The molecule has 6 nitrogen and oxygen atoms in total. The van der Waals surface area contributed by atoms with E-state index in [0.29, 0.717) is 22.4 Å². The Labute approximate surface area is 168 Å². The maximum atomic E-state index is 12.4. The monoisotopic (exact) mass is 398 g/mol. The molecule has 1 N–H and O–H groups in total. The summed E-state index contributed by atoms with van der Waals surface area (Å²) in [5, 5.41) is 5.19. The van der Waals surface area contributed by atoms with Gasteiger partial charge in [-0.1, -0.05) is 17.7 Å². The van der Waals surface area contributed by atoms with Gasteiger partial charge in [-0.25, -0.2) is 4.98 Å². The van der Waals surface area contributed by atoms with Crippen molar-refractivity contribution in [3.63, 3.8) is 0 Å². The number of nitrogens with zero attached hydrogens (tertiary/aromatic N) is 1. The molecule has 2 aromatic carbocycles. The largest absolute Gasteiger partial charge is 0.493 e. The van der Waals surface area contributed by atoms with Crippen LogP contribution in [0.4, 0.5) is 5.13 Å². The van der Waals surface area contributed by atoms with Crippen LogP contribution in [0, 0.1) is 6.92 Å². The van der Waals surface area contributed by atoms with Gasteiger partial charge in [-0.3, -0.25) is 10.1 Å². The second-order valence-electron chi connectivity index (χ2n) is 6.17. The Hall–Kier alpha value is -3.06. The van der Waals surface area contributed by atoms with Crippen LogP contribution in [0.25, 0.3) is 11.3 Å². The summed E-state index contributed by atoms with van der Waals surface area (Å²) in [7, 11) is 3.18. The number of hydrogen-bond acceptors (Lipinski definition) is 6. The standard InChI is InChI=1S/C21H22N2O4S/c1-13-5-8-16(9-6-13)27-14(2)20(24)23-21-22-17(12-28-21)15-7-10-18(25-3)19(11-15)26-4/h5-12,14H,1-4H3,(H,22,23,24).